The van der Waals surface area contributed by atoms with E-state index in [1.54, 1.807) is 0 Å². The summed E-state index contributed by atoms with van der Waals surface area (Å²) in [4.78, 5) is 0. The van der Waals surface area contributed by atoms with Gasteiger partial charge in [0.1, 0.15) is 0 Å². The van der Waals surface area contributed by atoms with Crippen molar-refractivity contribution in [1.82, 2.24) is 0 Å². The molecule has 0 spiro atoms. The Morgan fingerprint density at radius 1 is 0.944 bits per heavy atom. The Kier molecular flexibility index (Phi) is 4.65. The van der Waals surface area contributed by atoms with E-state index in [-0.39, 0.29) is 12.5 Å². The molecule has 3 heteroatoms. The Bertz CT molecular complexity index is 508. The summed E-state index contributed by atoms with van der Waals surface area (Å²) in [7, 11) is 0. The molecule has 0 fully saturated rings. The Hall–Kier alpha value is -1.02. The second-order valence-electron chi connectivity index (χ2n) is 4.23. The topological polar surface area (TPSA) is 20.2 Å². The van der Waals surface area contributed by atoms with Crippen LogP contribution >= 0.6 is 23.2 Å². The Morgan fingerprint density at radius 3 is 2.22 bits per heavy atom. The normalized spacial score (nSPS) is 12.4. The summed E-state index contributed by atoms with van der Waals surface area (Å²) in [6, 6.07) is 15.3. The number of hydrogen-bond acceptors (Lipinski definition) is 1. The summed E-state index contributed by atoms with van der Waals surface area (Å²) in [5.74, 6) is 0.0138. The van der Waals surface area contributed by atoms with Gasteiger partial charge in [0.2, 0.25) is 0 Å². The van der Waals surface area contributed by atoms with Gasteiger partial charge in [0.05, 0.1) is 6.61 Å². The van der Waals surface area contributed by atoms with Crippen molar-refractivity contribution in [1.29, 1.82) is 0 Å². The molecule has 2 aromatic carbocycles. The molecule has 0 saturated heterocycles. The number of hydrogen-bond donors (Lipinski definition) is 1. The zero-order valence-electron chi connectivity index (χ0n) is 9.81. The lowest BCUT2D eigenvalue weighted by atomic mass is 9.93. The highest BCUT2D eigenvalue weighted by Gasteiger charge is 2.14. The first kappa shape index (κ1) is 13.4. The molecule has 1 atom stereocenters. The first-order valence-electron chi connectivity index (χ1n) is 5.80. The maximum Gasteiger partial charge on any atom is 0.0503 e. The van der Waals surface area contributed by atoms with E-state index in [1.807, 2.05) is 48.5 Å². The van der Waals surface area contributed by atoms with Crippen LogP contribution in [-0.4, -0.2) is 11.7 Å². The van der Waals surface area contributed by atoms with Gasteiger partial charge in [0.15, 0.2) is 0 Å². The van der Waals surface area contributed by atoms with E-state index in [9.17, 15) is 5.11 Å². The molecular formula is C15H14Cl2O. The lowest BCUT2D eigenvalue weighted by Crippen LogP contribution is -2.08. The van der Waals surface area contributed by atoms with Crippen LogP contribution in [0.25, 0.3) is 0 Å². The molecule has 1 nitrogen and oxygen atoms in total. The van der Waals surface area contributed by atoms with Crippen molar-refractivity contribution in [3.05, 3.63) is 69.7 Å². The van der Waals surface area contributed by atoms with Gasteiger partial charge < -0.3 is 5.11 Å². The van der Waals surface area contributed by atoms with Crippen molar-refractivity contribution in [3.63, 3.8) is 0 Å². The maximum atomic E-state index is 9.54. The molecular weight excluding hydrogens is 267 g/mol. The minimum Gasteiger partial charge on any atom is -0.396 e. The number of aliphatic hydroxyl groups is 1. The first-order chi connectivity index (χ1) is 8.70. The van der Waals surface area contributed by atoms with Crippen molar-refractivity contribution in [2.75, 3.05) is 6.61 Å². The minimum absolute atomic E-state index is 0.0138. The lowest BCUT2D eigenvalue weighted by Gasteiger charge is -2.16. The lowest BCUT2D eigenvalue weighted by molar-refractivity contribution is 0.264. The SMILES string of the molecule is OC[C@@H](Cc1ccc(Cl)cc1)c1ccccc1Cl. The van der Waals surface area contributed by atoms with Gasteiger partial charge in [-0.25, -0.2) is 0 Å². The van der Waals surface area contributed by atoms with Crippen molar-refractivity contribution < 1.29 is 5.11 Å². The predicted molar refractivity (Wildman–Crippen MR) is 76.4 cm³/mol. The van der Waals surface area contributed by atoms with Gasteiger partial charge in [0.25, 0.3) is 0 Å². The van der Waals surface area contributed by atoms with Gasteiger partial charge in [-0.2, -0.15) is 0 Å². The third-order valence-corrected chi connectivity index (χ3v) is 3.56. The molecule has 0 unspecified atom stereocenters. The minimum atomic E-state index is 0.0138. The van der Waals surface area contributed by atoms with Crippen molar-refractivity contribution in [2.24, 2.45) is 0 Å². The average molecular weight is 281 g/mol. The van der Waals surface area contributed by atoms with Gasteiger partial charge in [-0.15, -0.1) is 0 Å². The van der Waals surface area contributed by atoms with Crippen LogP contribution < -0.4 is 0 Å². The molecule has 0 saturated carbocycles. The maximum absolute atomic E-state index is 9.54. The third-order valence-electron chi connectivity index (χ3n) is 2.96. The highest BCUT2D eigenvalue weighted by Crippen LogP contribution is 2.27. The molecule has 0 aliphatic heterocycles. The van der Waals surface area contributed by atoms with Crippen LogP contribution in [0.5, 0.6) is 0 Å². The summed E-state index contributed by atoms with van der Waals surface area (Å²) in [6.45, 7) is 0.0758. The molecule has 0 radical (unpaired) electrons. The highest BCUT2D eigenvalue weighted by molar-refractivity contribution is 6.31. The largest absolute Gasteiger partial charge is 0.396 e. The Morgan fingerprint density at radius 2 is 1.61 bits per heavy atom. The number of aliphatic hydroxyl groups excluding tert-OH is 1. The zero-order chi connectivity index (χ0) is 13.0. The fraction of sp³-hybridized carbons (Fsp3) is 0.200. The smallest absolute Gasteiger partial charge is 0.0503 e. The number of rotatable bonds is 4. The molecule has 0 amide bonds. The molecule has 0 aliphatic carbocycles. The molecule has 0 aromatic heterocycles. The molecule has 2 rings (SSSR count). The monoisotopic (exact) mass is 280 g/mol. The van der Waals surface area contributed by atoms with Crippen LogP contribution in [0.2, 0.25) is 10.0 Å². The third kappa shape index (κ3) is 3.26. The highest BCUT2D eigenvalue weighted by atomic mass is 35.5. The summed E-state index contributed by atoms with van der Waals surface area (Å²) in [5, 5.41) is 11.0. The summed E-state index contributed by atoms with van der Waals surface area (Å²) < 4.78 is 0. The molecule has 2 aromatic rings. The molecule has 0 bridgehead atoms. The van der Waals surface area contributed by atoms with E-state index in [0.29, 0.717) is 5.02 Å². The standard InChI is InChI=1S/C15H14Cl2O/c16-13-7-5-11(6-8-13)9-12(10-18)14-3-1-2-4-15(14)17/h1-8,12,18H,9-10H2/t12-/m1/s1. The quantitative estimate of drug-likeness (QED) is 0.885. The van der Waals surface area contributed by atoms with Crippen LogP contribution in [0.4, 0.5) is 0 Å². The molecule has 1 N–H and O–H groups in total. The van der Waals surface area contributed by atoms with E-state index in [2.05, 4.69) is 0 Å². The molecule has 0 aliphatic rings. The fourth-order valence-electron chi connectivity index (χ4n) is 1.98. The van der Waals surface area contributed by atoms with Crippen molar-refractivity contribution in [3.8, 4) is 0 Å². The Balaban J connectivity index is 2.20. The molecule has 18 heavy (non-hydrogen) atoms. The zero-order valence-corrected chi connectivity index (χ0v) is 11.3. The van der Waals surface area contributed by atoms with Crippen molar-refractivity contribution in [2.45, 2.75) is 12.3 Å². The Labute approximate surface area is 117 Å². The van der Waals surface area contributed by atoms with Crippen LogP contribution in [0.3, 0.4) is 0 Å². The summed E-state index contributed by atoms with van der Waals surface area (Å²) >= 11 is 12.0. The van der Waals surface area contributed by atoms with Crippen molar-refractivity contribution >= 4 is 23.2 Å². The summed E-state index contributed by atoms with van der Waals surface area (Å²) in [6.07, 6.45) is 0.747. The van der Waals surface area contributed by atoms with Gasteiger partial charge >= 0.3 is 0 Å². The van der Waals surface area contributed by atoms with E-state index in [1.165, 1.54) is 0 Å². The van der Waals surface area contributed by atoms with Crippen LogP contribution in [0.15, 0.2) is 48.5 Å². The average Bonchev–Trinajstić information content (AvgIpc) is 2.39. The van der Waals surface area contributed by atoms with Gasteiger partial charge in [-0.1, -0.05) is 53.5 Å². The second-order valence-corrected chi connectivity index (χ2v) is 5.08. The predicted octanol–water partition coefficient (Wildman–Crippen LogP) is 4.31. The number of benzene rings is 2. The van der Waals surface area contributed by atoms with E-state index in [0.717, 1.165) is 22.6 Å². The van der Waals surface area contributed by atoms with E-state index >= 15 is 0 Å². The van der Waals surface area contributed by atoms with Gasteiger partial charge in [-0.3, -0.25) is 0 Å². The summed E-state index contributed by atoms with van der Waals surface area (Å²) in [5.41, 5.74) is 2.12. The van der Waals surface area contributed by atoms with Crippen LogP contribution in [0, 0.1) is 0 Å². The van der Waals surface area contributed by atoms with E-state index < -0.39 is 0 Å². The second kappa shape index (κ2) is 6.24. The first-order valence-corrected chi connectivity index (χ1v) is 6.56. The number of halogens is 2. The van der Waals surface area contributed by atoms with E-state index in [4.69, 9.17) is 23.2 Å². The molecule has 0 heterocycles. The molecule has 94 valence electrons. The van der Waals surface area contributed by atoms with Crippen LogP contribution in [-0.2, 0) is 6.42 Å². The van der Waals surface area contributed by atoms with Gasteiger partial charge in [0, 0.05) is 16.0 Å². The van der Waals surface area contributed by atoms with Crippen LogP contribution in [0.1, 0.15) is 17.0 Å². The van der Waals surface area contributed by atoms with Gasteiger partial charge in [-0.05, 0) is 35.7 Å². The fourth-order valence-corrected chi connectivity index (χ4v) is 2.40.